The predicted octanol–water partition coefficient (Wildman–Crippen LogP) is 3.49. The molecule has 0 spiro atoms. The van der Waals surface area contributed by atoms with Gasteiger partial charge < -0.3 is 0 Å². The van der Waals surface area contributed by atoms with Crippen molar-refractivity contribution in [3.63, 3.8) is 0 Å². The molecule has 0 aliphatic carbocycles. The van der Waals surface area contributed by atoms with Gasteiger partial charge in [-0.05, 0) is 0 Å². The summed E-state index contributed by atoms with van der Waals surface area (Å²) in [5.41, 5.74) is 9.09. The molecule has 1 aromatic carbocycles. The summed E-state index contributed by atoms with van der Waals surface area (Å²) in [5.74, 6) is 0.542. The number of halogens is 1. The van der Waals surface area contributed by atoms with E-state index in [1.165, 1.54) is 26.2 Å². The molecule has 116 valence electrons. The summed E-state index contributed by atoms with van der Waals surface area (Å²) in [6, 6.07) is 12.3. The van der Waals surface area contributed by atoms with Gasteiger partial charge in [-0.2, -0.15) is 0 Å². The van der Waals surface area contributed by atoms with Gasteiger partial charge in [0, 0.05) is 0 Å². The number of pyridine rings is 1. The van der Waals surface area contributed by atoms with E-state index in [4.69, 9.17) is 5.73 Å². The SMILES string of the molecule is Cn1cnc(-c2cccc(I)c2)c1[C](=[W])Sc1ccnc(N)c1. The summed E-state index contributed by atoms with van der Waals surface area (Å²) < 4.78 is 4.54. The Hall–Kier alpha value is -0.982. The molecule has 0 unspecified atom stereocenters. The van der Waals surface area contributed by atoms with Crippen molar-refractivity contribution < 1.29 is 19.4 Å². The quantitative estimate of drug-likeness (QED) is 0.367. The van der Waals surface area contributed by atoms with E-state index in [0.717, 1.165) is 21.8 Å². The van der Waals surface area contributed by atoms with E-state index < -0.39 is 0 Å². The average Bonchev–Trinajstić information content (AvgIpc) is 2.89. The molecule has 0 bridgehead atoms. The van der Waals surface area contributed by atoms with Crippen molar-refractivity contribution >= 4 is 43.4 Å². The maximum atomic E-state index is 5.78. The van der Waals surface area contributed by atoms with Crippen molar-refractivity contribution in [3.05, 3.63) is 58.2 Å². The van der Waals surface area contributed by atoms with Crippen molar-refractivity contribution in [1.82, 2.24) is 14.5 Å². The number of aromatic nitrogens is 3. The third kappa shape index (κ3) is 3.92. The Bertz CT molecular complexity index is 878. The van der Waals surface area contributed by atoms with Crippen LogP contribution in [0.25, 0.3) is 11.3 Å². The van der Waals surface area contributed by atoms with Crippen LogP contribution in [0, 0.1) is 3.57 Å². The summed E-state index contributed by atoms with van der Waals surface area (Å²) in [6.45, 7) is 0. The van der Waals surface area contributed by atoms with Crippen LogP contribution >= 0.6 is 34.4 Å². The van der Waals surface area contributed by atoms with Crippen LogP contribution in [0.4, 0.5) is 5.82 Å². The second-order valence-electron chi connectivity index (χ2n) is 4.87. The molecule has 4 nitrogen and oxygen atoms in total. The zero-order chi connectivity index (χ0) is 16.4. The molecule has 0 atom stereocenters. The van der Waals surface area contributed by atoms with Crippen LogP contribution in [0.3, 0.4) is 0 Å². The number of imidazole rings is 1. The minimum atomic E-state index is 0.542. The van der Waals surface area contributed by atoms with E-state index in [1.807, 2.05) is 25.5 Å². The topological polar surface area (TPSA) is 56.7 Å². The minimum absolute atomic E-state index is 0.542. The van der Waals surface area contributed by atoms with Gasteiger partial charge in [0.1, 0.15) is 0 Å². The fourth-order valence-electron chi connectivity index (χ4n) is 2.16. The molecule has 2 heterocycles. The average molecular weight is 604 g/mol. The maximum absolute atomic E-state index is 5.78. The predicted molar refractivity (Wildman–Crippen MR) is 100.0 cm³/mol. The molecule has 2 N–H and O–H groups in total. The molecule has 3 aromatic rings. The number of nitrogen functional groups attached to an aromatic ring is 1. The van der Waals surface area contributed by atoms with E-state index in [0.29, 0.717) is 5.82 Å². The first-order valence-electron chi connectivity index (χ1n) is 6.75. The Kier molecular flexibility index (Phi) is 5.34. The molecule has 7 heteroatoms. The second-order valence-corrected chi connectivity index (χ2v) is 9.69. The Morgan fingerprint density at radius 2 is 2.09 bits per heavy atom. The summed E-state index contributed by atoms with van der Waals surface area (Å²) in [6.07, 6.45) is 3.61. The normalized spacial score (nSPS) is 10.7. The number of thioether (sulfide) groups is 1. The van der Waals surface area contributed by atoms with Gasteiger partial charge in [0.2, 0.25) is 0 Å². The van der Waals surface area contributed by atoms with E-state index in [9.17, 15) is 0 Å². The fourth-order valence-corrected chi connectivity index (χ4v) is 5.47. The Labute approximate surface area is 163 Å². The first kappa shape index (κ1) is 16.9. The van der Waals surface area contributed by atoms with Crippen LogP contribution in [0.2, 0.25) is 0 Å². The molecular weight excluding hydrogens is 591 g/mol. The van der Waals surface area contributed by atoms with E-state index in [2.05, 4.69) is 61.4 Å². The van der Waals surface area contributed by atoms with E-state index in [1.54, 1.807) is 18.0 Å². The van der Waals surface area contributed by atoms with Crippen LogP contribution in [0.5, 0.6) is 0 Å². The Balaban J connectivity index is 1.96. The van der Waals surface area contributed by atoms with Crippen LogP contribution in [0.15, 0.2) is 53.8 Å². The summed E-state index contributed by atoms with van der Waals surface area (Å²) in [7, 11) is 2.03. The van der Waals surface area contributed by atoms with Crippen LogP contribution in [-0.2, 0) is 26.4 Å². The number of rotatable bonds is 4. The van der Waals surface area contributed by atoms with E-state index in [-0.39, 0.29) is 0 Å². The zero-order valence-electron chi connectivity index (χ0n) is 12.2. The molecule has 0 aliphatic heterocycles. The Morgan fingerprint density at radius 1 is 1.26 bits per heavy atom. The third-order valence-corrected chi connectivity index (χ3v) is 6.32. The molecule has 0 radical (unpaired) electrons. The van der Waals surface area contributed by atoms with Crippen molar-refractivity contribution in [1.29, 1.82) is 0 Å². The van der Waals surface area contributed by atoms with Gasteiger partial charge in [0.25, 0.3) is 0 Å². The first-order chi connectivity index (χ1) is 11.0. The van der Waals surface area contributed by atoms with Gasteiger partial charge >= 0.3 is 164 Å². The molecule has 0 saturated heterocycles. The molecule has 0 saturated carbocycles. The number of nitrogens with zero attached hydrogens (tertiary/aromatic N) is 3. The molecule has 23 heavy (non-hydrogen) atoms. The van der Waals surface area contributed by atoms with Crippen molar-refractivity contribution in [3.8, 4) is 11.3 Å². The van der Waals surface area contributed by atoms with Crippen LogP contribution in [-0.4, -0.2) is 17.8 Å². The number of anilines is 1. The van der Waals surface area contributed by atoms with Crippen molar-refractivity contribution in [2.75, 3.05) is 5.73 Å². The number of hydrogen-bond acceptors (Lipinski definition) is 4. The Morgan fingerprint density at radius 3 is 2.83 bits per heavy atom. The van der Waals surface area contributed by atoms with Gasteiger partial charge in [-0.25, -0.2) is 0 Å². The summed E-state index contributed by atoms with van der Waals surface area (Å²) >= 11 is 5.44. The van der Waals surface area contributed by atoms with Gasteiger partial charge in [0.05, 0.1) is 0 Å². The fraction of sp³-hybridized carbons (Fsp3) is 0.0625. The van der Waals surface area contributed by atoms with Gasteiger partial charge in [-0.15, -0.1) is 0 Å². The third-order valence-electron chi connectivity index (χ3n) is 3.19. The first-order valence-corrected chi connectivity index (χ1v) is 10.1. The number of nitrogens with two attached hydrogens (primary N) is 1. The van der Waals surface area contributed by atoms with Crippen molar-refractivity contribution in [2.45, 2.75) is 4.90 Å². The standard InChI is InChI=1S/C16H13IN4S.W/c1-21-10-20-16(11-3-2-4-12(17)7-11)14(21)9-22-13-5-6-19-15(18)8-13;/h2-8,10H,1H3,(H2,18,19);. The van der Waals surface area contributed by atoms with Gasteiger partial charge in [-0.3, -0.25) is 0 Å². The van der Waals surface area contributed by atoms with Crippen LogP contribution in [0.1, 0.15) is 5.69 Å². The molecule has 2 aromatic heterocycles. The van der Waals surface area contributed by atoms with Crippen molar-refractivity contribution in [2.24, 2.45) is 7.05 Å². The number of hydrogen-bond donors (Lipinski definition) is 1. The van der Waals surface area contributed by atoms with Gasteiger partial charge in [0.15, 0.2) is 0 Å². The molecule has 0 fully saturated rings. The van der Waals surface area contributed by atoms with E-state index >= 15 is 0 Å². The molecular formula is C16H13IN4SW. The zero-order valence-corrected chi connectivity index (χ0v) is 18.1. The second kappa shape index (κ2) is 7.28. The number of benzene rings is 1. The molecule has 0 aliphatic rings. The molecule has 0 amide bonds. The number of aryl methyl sites for hydroxylation is 1. The monoisotopic (exact) mass is 604 g/mol. The summed E-state index contributed by atoms with van der Waals surface area (Å²) in [5, 5.41) is 0. The van der Waals surface area contributed by atoms with Crippen LogP contribution < -0.4 is 5.73 Å². The summed E-state index contributed by atoms with van der Waals surface area (Å²) in [4.78, 5) is 9.75. The van der Waals surface area contributed by atoms with Gasteiger partial charge in [-0.1, -0.05) is 0 Å². The molecule has 3 rings (SSSR count).